The number of benzene rings is 4. The largest absolute Gasteiger partial charge is 0.336 e. The summed E-state index contributed by atoms with van der Waals surface area (Å²) in [6.07, 6.45) is 10.4. The van der Waals surface area contributed by atoms with Crippen molar-refractivity contribution in [2.45, 2.75) is 122 Å². The van der Waals surface area contributed by atoms with Crippen molar-refractivity contribution in [3.63, 3.8) is 0 Å². The van der Waals surface area contributed by atoms with Gasteiger partial charge in [0.05, 0.1) is 0 Å². The lowest BCUT2D eigenvalue weighted by molar-refractivity contribution is 0.438. The summed E-state index contributed by atoms with van der Waals surface area (Å²) in [4.78, 5) is 2.55. The van der Waals surface area contributed by atoms with E-state index < -0.39 is 11.8 Å². The molecule has 0 unspecified atom stereocenters. The fourth-order valence-corrected chi connectivity index (χ4v) is 8.38. The minimum Gasteiger partial charge on any atom is -0.336 e. The molecule has 0 saturated heterocycles. The van der Waals surface area contributed by atoms with E-state index in [-0.39, 0.29) is 11.0 Å². The zero-order valence-corrected chi connectivity index (χ0v) is 27.6. The van der Waals surface area contributed by atoms with E-state index >= 15 is 0 Å². The zero-order valence-electron chi connectivity index (χ0n) is 29.6. The molecule has 7 rings (SSSR count). The highest BCUT2D eigenvalue weighted by molar-refractivity contribution is 5.86. The Labute approximate surface area is 269 Å². The smallest absolute Gasteiger partial charge is 0.0457 e. The summed E-state index contributed by atoms with van der Waals surface area (Å²) in [7, 11) is 0. The van der Waals surface area contributed by atoms with Crippen LogP contribution in [0.1, 0.15) is 136 Å². The predicted octanol–water partition coefficient (Wildman–Crippen LogP) is 12.7. The van der Waals surface area contributed by atoms with Crippen LogP contribution in [0.25, 0.3) is 22.3 Å². The van der Waals surface area contributed by atoms with Crippen LogP contribution in [-0.4, -0.2) is 5.54 Å². The molecule has 3 aliphatic carbocycles. The van der Waals surface area contributed by atoms with Crippen molar-refractivity contribution in [1.29, 1.82) is 0 Å². The lowest BCUT2D eigenvalue weighted by Gasteiger charge is -2.43. The minimum atomic E-state index is -0.644. The van der Waals surface area contributed by atoms with E-state index in [2.05, 4.69) is 124 Å². The predicted molar refractivity (Wildman–Crippen MR) is 189 cm³/mol. The van der Waals surface area contributed by atoms with Crippen molar-refractivity contribution in [2.75, 3.05) is 4.90 Å². The van der Waals surface area contributed by atoms with Gasteiger partial charge in [-0.15, -0.1) is 0 Å². The molecule has 0 bridgehead atoms. The Morgan fingerprint density at radius 1 is 0.591 bits per heavy atom. The Bertz CT molecular complexity index is 1730. The van der Waals surface area contributed by atoms with Gasteiger partial charge in [-0.05, 0) is 121 Å². The fourth-order valence-electron chi connectivity index (χ4n) is 8.38. The molecule has 44 heavy (non-hydrogen) atoms. The van der Waals surface area contributed by atoms with Crippen molar-refractivity contribution >= 4 is 11.4 Å². The summed E-state index contributed by atoms with van der Waals surface area (Å²) >= 11 is 0. The Kier molecular flexibility index (Phi) is 7.10. The molecule has 228 valence electrons. The first kappa shape index (κ1) is 27.0. The van der Waals surface area contributed by atoms with Gasteiger partial charge >= 0.3 is 0 Å². The number of anilines is 2. The lowest BCUT2D eigenvalue weighted by Crippen LogP contribution is -2.39. The number of rotatable bonds is 5. The van der Waals surface area contributed by atoms with E-state index in [4.69, 9.17) is 0 Å². The maximum absolute atomic E-state index is 10.1. The Hall–Kier alpha value is -3.32. The molecule has 3 aliphatic rings. The average molecular weight is 584 g/mol. The summed E-state index contributed by atoms with van der Waals surface area (Å²) in [5.41, 5.74) is 11.9. The highest BCUT2D eigenvalue weighted by Crippen LogP contribution is 2.54. The van der Waals surface area contributed by atoms with Crippen LogP contribution in [0.15, 0.2) is 84.9 Å². The molecule has 0 amide bonds. The van der Waals surface area contributed by atoms with Gasteiger partial charge in [0, 0.05) is 25.1 Å². The average Bonchev–Trinajstić information content (AvgIpc) is 3.27. The first-order valence-electron chi connectivity index (χ1n) is 18.2. The van der Waals surface area contributed by atoms with Crippen LogP contribution in [0.3, 0.4) is 0 Å². The van der Waals surface area contributed by atoms with Crippen LogP contribution < -0.4 is 4.90 Å². The second-order valence-electron chi connectivity index (χ2n) is 15.0. The number of hydrogen-bond donors (Lipinski definition) is 0. The molecular formula is C43H51N. The first-order chi connectivity index (χ1) is 21.9. The normalized spacial score (nSPS) is 20.7. The van der Waals surface area contributed by atoms with E-state index in [1.807, 2.05) is 0 Å². The molecule has 0 spiro atoms. The molecule has 0 atom stereocenters. The molecule has 0 aliphatic heterocycles. The maximum Gasteiger partial charge on any atom is 0.0457 e. The molecule has 0 radical (unpaired) electrons. The molecule has 0 aromatic heterocycles. The summed E-state index contributed by atoms with van der Waals surface area (Å²) in [6.45, 7) is 11.7. The van der Waals surface area contributed by atoms with E-state index in [1.165, 1.54) is 46.2 Å². The van der Waals surface area contributed by atoms with Crippen LogP contribution in [0.2, 0.25) is 0 Å². The van der Waals surface area contributed by atoms with Crippen molar-refractivity contribution < 1.29 is 2.74 Å². The number of nitrogens with zero attached hydrogens (tertiary/aromatic N) is 1. The van der Waals surface area contributed by atoms with Crippen LogP contribution in [0, 0.1) is 0 Å². The first-order valence-corrected chi connectivity index (χ1v) is 17.2. The number of fused-ring (bicyclic) bond motifs is 3. The molecule has 1 nitrogen and oxygen atoms in total. The monoisotopic (exact) mass is 583 g/mol. The molecule has 2 fully saturated rings. The van der Waals surface area contributed by atoms with E-state index in [0.717, 1.165) is 73.9 Å². The van der Waals surface area contributed by atoms with Crippen molar-refractivity contribution in [2.24, 2.45) is 0 Å². The van der Waals surface area contributed by atoms with Crippen LogP contribution in [0.4, 0.5) is 11.4 Å². The maximum atomic E-state index is 10.1. The molecule has 2 saturated carbocycles. The summed E-state index contributed by atoms with van der Waals surface area (Å²) in [6, 6.07) is 31.4. The third-order valence-electron chi connectivity index (χ3n) is 10.6. The molecule has 1 heteroatoms. The number of hydrogen-bond acceptors (Lipinski definition) is 1. The Balaban J connectivity index is 1.53. The van der Waals surface area contributed by atoms with E-state index in [1.54, 1.807) is 0 Å². The summed E-state index contributed by atoms with van der Waals surface area (Å²) < 4.78 is 20.0. The zero-order chi connectivity index (χ0) is 32.3. The van der Waals surface area contributed by atoms with Gasteiger partial charge in [-0.2, -0.15) is 0 Å². The molecular weight excluding hydrogens is 530 g/mol. The van der Waals surface area contributed by atoms with Gasteiger partial charge < -0.3 is 4.90 Å². The second-order valence-corrected chi connectivity index (χ2v) is 15.0. The van der Waals surface area contributed by atoms with Crippen LogP contribution in [0.5, 0.6) is 0 Å². The SMILES string of the molecule is [2H]C1(c2ccc(-c3ccccc3)cc2N(c2cc3c(cc2C2([2H])CCCCC2)-c2ccccc2C3(C)C)C(C)(C)C)CCCCC1. The molecule has 4 aromatic carbocycles. The third-order valence-corrected chi connectivity index (χ3v) is 10.6. The van der Waals surface area contributed by atoms with Crippen molar-refractivity contribution in [3.05, 3.63) is 107 Å². The molecule has 4 aromatic rings. The topological polar surface area (TPSA) is 3.24 Å². The Morgan fingerprint density at radius 2 is 1.18 bits per heavy atom. The van der Waals surface area contributed by atoms with Crippen LogP contribution >= 0.6 is 0 Å². The standard InChI is InChI=1S/C43H51N/c1-42(2,3)44(40-27-33(30-17-9-6-10-18-30)25-26-34(40)31-19-11-7-12-20-31)41-29-39-37(28-36(41)32-21-13-8-14-22-32)35-23-15-16-24-38(35)43(39,4)5/h6,9-10,15-18,23-29,31-32H,7-8,11-14,19-22H2,1-5H3/i31D,32D. The van der Waals surface area contributed by atoms with E-state index in [9.17, 15) is 2.74 Å². The summed E-state index contributed by atoms with van der Waals surface area (Å²) in [5.74, 6) is -1.27. The van der Waals surface area contributed by atoms with E-state index in [0.29, 0.717) is 0 Å². The van der Waals surface area contributed by atoms with Gasteiger partial charge in [-0.1, -0.05) is 119 Å². The Morgan fingerprint density at radius 3 is 1.84 bits per heavy atom. The highest BCUT2D eigenvalue weighted by atomic mass is 15.2. The van der Waals surface area contributed by atoms with Gasteiger partial charge in [0.1, 0.15) is 0 Å². The second kappa shape index (κ2) is 11.6. The minimum absolute atomic E-state index is 0.140. The quantitative estimate of drug-likeness (QED) is 0.226. The van der Waals surface area contributed by atoms with Crippen molar-refractivity contribution in [1.82, 2.24) is 0 Å². The molecule has 0 heterocycles. The lowest BCUT2D eigenvalue weighted by atomic mass is 9.78. The molecule has 0 N–H and O–H groups in total. The third kappa shape index (κ3) is 5.21. The fraction of sp³-hybridized carbons (Fsp3) is 0.442. The highest BCUT2D eigenvalue weighted by Gasteiger charge is 2.39. The van der Waals surface area contributed by atoms with Crippen LogP contribution in [-0.2, 0) is 5.41 Å². The van der Waals surface area contributed by atoms with Gasteiger partial charge in [0.15, 0.2) is 0 Å². The van der Waals surface area contributed by atoms with Gasteiger partial charge in [-0.3, -0.25) is 0 Å². The van der Waals surface area contributed by atoms with Gasteiger partial charge in [0.2, 0.25) is 0 Å². The van der Waals surface area contributed by atoms with Crippen molar-refractivity contribution in [3.8, 4) is 22.3 Å². The van der Waals surface area contributed by atoms with Gasteiger partial charge in [-0.25, -0.2) is 0 Å². The summed E-state index contributed by atoms with van der Waals surface area (Å²) in [5, 5.41) is 0. The van der Waals surface area contributed by atoms with Gasteiger partial charge in [0.25, 0.3) is 0 Å².